The number of aryl methyl sites for hydroxylation is 2. The van der Waals surface area contributed by atoms with Gasteiger partial charge in [0.05, 0.1) is 22.8 Å². The van der Waals surface area contributed by atoms with Gasteiger partial charge in [0.25, 0.3) is 11.5 Å². The number of fused-ring (bicyclic) bond motifs is 1. The molecule has 10 heteroatoms. The molecule has 0 bridgehead atoms. The van der Waals surface area contributed by atoms with E-state index < -0.39 is 11.7 Å². The first-order valence-corrected chi connectivity index (χ1v) is 14.3. The molecule has 42 heavy (non-hydrogen) atoms. The third-order valence-electron chi connectivity index (χ3n) is 6.74. The van der Waals surface area contributed by atoms with E-state index in [-0.39, 0.29) is 17.9 Å². The van der Waals surface area contributed by atoms with Crippen molar-refractivity contribution in [2.45, 2.75) is 33.6 Å². The Morgan fingerprint density at radius 2 is 1.86 bits per heavy atom. The van der Waals surface area contributed by atoms with Crippen molar-refractivity contribution in [3.8, 4) is 11.4 Å². The number of para-hydroxylation sites is 1. The molecule has 8 nitrogen and oxygen atoms in total. The number of carbonyl (C=O) groups excluding carboxylic acids is 1. The molecule has 0 aliphatic carbocycles. The summed E-state index contributed by atoms with van der Waals surface area (Å²) in [6.45, 7) is 5.76. The van der Waals surface area contributed by atoms with E-state index >= 15 is 0 Å². The van der Waals surface area contributed by atoms with Crippen molar-refractivity contribution in [1.29, 1.82) is 0 Å². The Morgan fingerprint density at radius 1 is 1.10 bits per heavy atom. The van der Waals surface area contributed by atoms with Gasteiger partial charge < -0.3 is 14.6 Å². The molecule has 3 aromatic carbocycles. The minimum Gasteiger partial charge on any atom is -0.484 e. The Balaban J connectivity index is 1.34. The van der Waals surface area contributed by atoms with E-state index in [1.807, 2.05) is 51.1 Å². The van der Waals surface area contributed by atoms with Crippen LogP contribution in [0.5, 0.6) is 5.75 Å². The van der Waals surface area contributed by atoms with E-state index in [9.17, 15) is 14.0 Å². The van der Waals surface area contributed by atoms with Crippen molar-refractivity contribution in [2.24, 2.45) is 5.10 Å². The van der Waals surface area contributed by atoms with Crippen LogP contribution in [0.3, 0.4) is 0 Å². The maximum atomic E-state index is 13.8. The molecule has 0 spiro atoms. The Bertz CT molecular complexity index is 1860. The maximum Gasteiger partial charge on any atom is 0.282 e. The van der Waals surface area contributed by atoms with Crippen molar-refractivity contribution in [3.05, 3.63) is 116 Å². The summed E-state index contributed by atoms with van der Waals surface area (Å²) in [6, 6.07) is 20.8. The van der Waals surface area contributed by atoms with Crippen molar-refractivity contribution in [1.82, 2.24) is 14.2 Å². The average Bonchev–Trinajstić information content (AvgIpc) is 3.26. The Morgan fingerprint density at radius 3 is 2.60 bits per heavy atom. The van der Waals surface area contributed by atoms with Crippen LogP contribution in [-0.2, 0) is 11.2 Å². The zero-order chi connectivity index (χ0) is 29.8. The Labute approximate surface area is 250 Å². The standard InChI is InChI=1S/C32H29BrFN5O3/c1-4-7-30-36-28-15-10-23(33)17-26(28)32(41)39(30)35-18-22-16-20(2)38(21(22)3)24-11-13-25(14-12-24)42-19-31(40)37-29-9-6-5-8-27(29)34/h5-6,8-18H,4,7,19H2,1-3H3,(H,37,40). The topological polar surface area (TPSA) is 90.5 Å². The molecular weight excluding hydrogens is 601 g/mol. The zero-order valence-corrected chi connectivity index (χ0v) is 25.0. The predicted molar refractivity (Wildman–Crippen MR) is 166 cm³/mol. The fourth-order valence-corrected chi connectivity index (χ4v) is 5.09. The van der Waals surface area contributed by atoms with Gasteiger partial charge in [0.1, 0.15) is 17.4 Å². The molecule has 0 aliphatic rings. The molecule has 0 radical (unpaired) electrons. The number of hydrogen-bond donors (Lipinski definition) is 1. The van der Waals surface area contributed by atoms with Crippen molar-refractivity contribution < 1.29 is 13.9 Å². The molecule has 1 N–H and O–H groups in total. The second-order valence-corrected chi connectivity index (χ2v) is 10.7. The van der Waals surface area contributed by atoms with Crippen molar-refractivity contribution in [2.75, 3.05) is 11.9 Å². The second-order valence-electron chi connectivity index (χ2n) is 9.77. The molecule has 0 unspecified atom stereocenters. The summed E-state index contributed by atoms with van der Waals surface area (Å²) in [5, 5.41) is 7.58. The molecule has 0 saturated heterocycles. The minimum atomic E-state index is -0.507. The number of aromatic nitrogens is 3. The summed E-state index contributed by atoms with van der Waals surface area (Å²) in [6.07, 6.45) is 3.14. The summed E-state index contributed by atoms with van der Waals surface area (Å²) in [5.41, 5.74) is 4.22. The van der Waals surface area contributed by atoms with E-state index in [4.69, 9.17) is 9.72 Å². The predicted octanol–water partition coefficient (Wildman–Crippen LogP) is 6.56. The number of hydrogen-bond acceptors (Lipinski definition) is 5. The molecule has 0 saturated carbocycles. The normalized spacial score (nSPS) is 11.4. The number of benzene rings is 3. The van der Waals surface area contributed by atoms with Crippen LogP contribution in [0.15, 0.2) is 87.2 Å². The van der Waals surface area contributed by atoms with Crippen LogP contribution in [0.1, 0.15) is 36.1 Å². The Hall–Kier alpha value is -4.57. The van der Waals surface area contributed by atoms with Gasteiger partial charge in [-0.15, -0.1) is 0 Å². The molecule has 0 atom stereocenters. The number of anilines is 1. The van der Waals surface area contributed by atoms with Crippen LogP contribution in [0.4, 0.5) is 10.1 Å². The molecule has 5 rings (SSSR count). The van der Waals surface area contributed by atoms with E-state index in [2.05, 4.69) is 30.9 Å². The number of carbonyl (C=O) groups is 1. The maximum absolute atomic E-state index is 13.8. The third-order valence-corrected chi connectivity index (χ3v) is 7.24. The number of amides is 1. The number of ether oxygens (including phenoxy) is 1. The monoisotopic (exact) mass is 629 g/mol. The molecule has 2 aromatic heterocycles. The largest absolute Gasteiger partial charge is 0.484 e. The number of halogens is 2. The van der Waals surface area contributed by atoms with Crippen LogP contribution in [-0.4, -0.2) is 33.0 Å². The van der Waals surface area contributed by atoms with Crippen LogP contribution in [0.25, 0.3) is 16.6 Å². The molecule has 5 aromatic rings. The van der Waals surface area contributed by atoms with E-state index in [1.165, 1.54) is 16.8 Å². The summed E-state index contributed by atoms with van der Waals surface area (Å²) in [7, 11) is 0. The fraction of sp³-hybridized carbons (Fsp3) is 0.188. The van der Waals surface area contributed by atoms with Gasteiger partial charge in [0.15, 0.2) is 6.61 Å². The third kappa shape index (κ3) is 6.18. The molecule has 0 fully saturated rings. The van der Waals surface area contributed by atoms with Gasteiger partial charge >= 0.3 is 0 Å². The van der Waals surface area contributed by atoms with Gasteiger partial charge in [-0.25, -0.2) is 9.37 Å². The lowest BCUT2D eigenvalue weighted by atomic mass is 10.2. The van der Waals surface area contributed by atoms with Crippen molar-refractivity contribution >= 4 is 44.6 Å². The van der Waals surface area contributed by atoms with Crippen LogP contribution >= 0.6 is 15.9 Å². The lowest BCUT2D eigenvalue weighted by Crippen LogP contribution is -2.22. The molecule has 1 amide bonds. The van der Waals surface area contributed by atoms with Crippen molar-refractivity contribution in [3.63, 3.8) is 0 Å². The van der Waals surface area contributed by atoms with Gasteiger partial charge in [-0.1, -0.05) is 35.0 Å². The lowest BCUT2D eigenvalue weighted by molar-refractivity contribution is -0.118. The molecule has 0 aliphatic heterocycles. The van der Waals surface area contributed by atoms with Gasteiger partial charge in [0, 0.05) is 33.5 Å². The number of nitrogens with zero attached hydrogens (tertiary/aromatic N) is 4. The van der Waals surface area contributed by atoms with Crippen LogP contribution in [0.2, 0.25) is 0 Å². The average molecular weight is 631 g/mol. The summed E-state index contributed by atoms with van der Waals surface area (Å²) in [4.78, 5) is 30.2. The van der Waals surface area contributed by atoms with Crippen LogP contribution in [0, 0.1) is 19.7 Å². The summed E-state index contributed by atoms with van der Waals surface area (Å²) in [5.74, 6) is 0.152. The van der Waals surface area contributed by atoms with E-state index in [1.54, 1.807) is 36.5 Å². The number of nitrogens with one attached hydrogen (secondary N) is 1. The second kappa shape index (κ2) is 12.5. The first-order valence-electron chi connectivity index (χ1n) is 13.5. The smallest absolute Gasteiger partial charge is 0.282 e. The highest BCUT2D eigenvalue weighted by molar-refractivity contribution is 9.10. The van der Waals surface area contributed by atoms with E-state index in [0.29, 0.717) is 28.9 Å². The SMILES string of the molecule is CCCc1nc2ccc(Br)cc2c(=O)n1N=Cc1cc(C)n(-c2ccc(OCC(=O)Nc3ccccc3F)cc2)c1C. The van der Waals surface area contributed by atoms with Crippen LogP contribution < -0.4 is 15.6 Å². The molecule has 214 valence electrons. The number of rotatable bonds is 9. The van der Waals surface area contributed by atoms with E-state index in [0.717, 1.165) is 33.5 Å². The van der Waals surface area contributed by atoms with Gasteiger partial charge in [-0.2, -0.15) is 9.78 Å². The summed E-state index contributed by atoms with van der Waals surface area (Å²) < 4.78 is 23.6. The quantitative estimate of drug-likeness (QED) is 0.187. The first kappa shape index (κ1) is 28.9. The fourth-order valence-electron chi connectivity index (χ4n) is 4.72. The highest BCUT2D eigenvalue weighted by atomic mass is 79.9. The molecule has 2 heterocycles. The Kier molecular flexibility index (Phi) is 8.63. The van der Waals surface area contributed by atoms with Gasteiger partial charge in [0.2, 0.25) is 0 Å². The molecular formula is C32H29BrFN5O3. The minimum absolute atomic E-state index is 0.107. The lowest BCUT2D eigenvalue weighted by Gasteiger charge is -2.12. The summed E-state index contributed by atoms with van der Waals surface area (Å²) >= 11 is 3.44. The highest BCUT2D eigenvalue weighted by Gasteiger charge is 2.13. The first-order chi connectivity index (χ1) is 20.2. The highest BCUT2D eigenvalue weighted by Crippen LogP contribution is 2.23. The zero-order valence-electron chi connectivity index (χ0n) is 23.4. The van der Waals surface area contributed by atoms with Gasteiger partial charge in [-0.05, 0) is 80.9 Å². The van der Waals surface area contributed by atoms with Gasteiger partial charge in [-0.3, -0.25) is 9.59 Å².